The van der Waals surface area contributed by atoms with Crippen LogP contribution in [0.2, 0.25) is 0 Å². The van der Waals surface area contributed by atoms with E-state index in [1.807, 2.05) is 26.8 Å². The maximum Gasteiger partial charge on any atom is 0.0620 e. The van der Waals surface area contributed by atoms with Crippen molar-refractivity contribution in [1.29, 1.82) is 0 Å². The van der Waals surface area contributed by atoms with E-state index in [2.05, 4.69) is 12.7 Å². The van der Waals surface area contributed by atoms with Gasteiger partial charge in [-0.2, -0.15) is 0 Å². The Hall–Kier alpha value is -0.560. The van der Waals surface area contributed by atoms with Crippen LogP contribution in [0.4, 0.5) is 0 Å². The van der Waals surface area contributed by atoms with Crippen molar-refractivity contribution in [3.8, 4) is 0 Å². The Balaban J connectivity index is 3.76. The highest BCUT2D eigenvalue weighted by Crippen LogP contribution is 2.16. The predicted octanol–water partition coefficient (Wildman–Crippen LogP) is 3.06. The summed E-state index contributed by atoms with van der Waals surface area (Å²) >= 11 is 0. The van der Waals surface area contributed by atoms with Gasteiger partial charge in [0, 0.05) is 0 Å². The van der Waals surface area contributed by atoms with Gasteiger partial charge in [0.25, 0.3) is 0 Å². The SMILES string of the molecule is C=CC(C)=CCCC(C)(O)CC. The summed E-state index contributed by atoms with van der Waals surface area (Å²) in [4.78, 5) is 0. The van der Waals surface area contributed by atoms with Crippen LogP contribution >= 0.6 is 0 Å². The smallest absolute Gasteiger partial charge is 0.0620 e. The van der Waals surface area contributed by atoms with Crippen LogP contribution in [0.1, 0.15) is 40.0 Å². The number of aliphatic hydroxyl groups is 1. The third-order valence-corrected chi connectivity index (χ3v) is 2.23. The molecule has 0 aromatic rings. The van der Waals surface area contributed by atoms with E-state index in [1.54, 1.807) is 0 Å². The van der Waals surface area contributed by atoms with Gasteiger partial charge >= 0.3 is 0 Å². The molecule has 0 aromatic carbocycles. The van der Waals surface area contributed by atoms with Gasteiger partial charge in [0.1, 0.15) is 0 Å². The lowest BCUT2D eigenvalue weighted by Crippen LogP contribution is -2.21. The van der Waals surface area contributed by atoms with Crippen LogP contribution in [0.3, 0.4) is 0 Å². The topological polar surface area (TPSA) is 20.2 Å². The standard InChI is InChI=1S/C11H20O/c1-5-10(3)8-7-9-11(4,12)6-2/h5,8,12H,1,6-7,9H2,2-4H3. The molecule has 12 heavy (non-hydrogen) atoms. The van der Waals surface area contributed by atoms with Crippen molar-refractivity contribution in [3.05, 3.63) is 24.3 Å². The van der Waals surface area contributed by atoms with E-state index in [0.29, 0.717) is 0 Å². The summed E-state index contributed by atoms with van der Waals surface area (Å²) in [5.74, 6) is 0. The number of allylic oxidation sites excluding steroid dienone is 3. The fraction of sp³-hybridized carbons (Fsp3) is 0.636. The number of hydrogen-bond donors (Lipinski definition) is 1. The van der Waals surface area contributed by atoms with E-state index in [4.69, 9.17) is 0 Å². The van der Waals surface area contributed by atoms with Gasteiger partial charge in [0.05, 0.1) is 5.60 Å². The Morgan fingerprint density at radius 2 is 2.17 bits per heavy atom. The molecule has 0 radical (unpaired) electrons. The fourth-order valence-corrected chi connectivity index (χ4v) is 0.871. The first-order valence-electron chi connectivity index (χ1n) is 4.53. The lowest BCUT2D eigenvalue weighted by molar-refractivity contribution is 0.0480. The Bertz CT molecular complexity index is 166. The van der Waals surface area contributed by atoms with E-state index in [1.165, 1.54) is 5.57 Å². The molecule has 0 aromatic heterocycles. The molecule has 70 valence electrons. The molecule has 1 unspecified atom stereocenters. The van der Waals surface area contributed by atoms with Crippen LogP contribution in [-0.4, -0.2) is 10.7 Å². The highest BCUT2D eigenvalue weighted by Gasteiger charge is 2.15. The van der Waals surface area contributed by atoms with Crippen LogP contribution in [-0.2, 0) is 0 Å². The zero-order valence-electron chi connectivity index (χ0n) is 8.43. The minimum Gasteiger partial charge on any atom is -0.390 e. The second-order valence-electron chi connectivity index (χ2n) is 3.54. The first kappa shape index (κ1) is 11.4. The first-order valence-corrected chi connectivity index (χ1v) is 4.53. The molecule has 0 saturated carbocycles. The fourth-order valence-electron chi connectivity index (χ4n) is 0.871. The molecule has 1 N–H and O–H groups in total. The van der Waals surface area contributed by atoms with Gasteiger partial charge < -0.3 is 5.11 Å². The van der Waals surface area contributed by atoms with Gasteiger partial charge in [-0.3, -0.25) is 0 Å². The van der Waals surface area contributed by atoms with Gasteiger partial charge in [-0.1, -0.05) is 31.2 Å². The molecule has 0 amide bonds. The molecule has 0 saturated heterocycles. The van der Waals surface area contributed by atoms with Gasteiger partial charge in [-0.15, -0.1) is 0 Å². The molecule has 0 rings (SSSR count). The summed E-state index contributed by atoms with van der Waals surface area (Å²) in [6.07, 6.45) is 6.51. The van der Waals surface area contributed by atoms with Crippen molar-refractivity contribution < 1.29 is 5.11 Å². The van der Waals surface area contributed by atoms with Crippen molar-refractivity contribution in [3.63, 3.8) is 0 Å². The normalized spacial score (nSPS) is 17.2. The van der Waals surface area contributed by atoms with Crippen LogP contribution < -0.4 is 0 Å². The molecule has 1 atom stereocenters. The maximum atomic E-state index is 9.65. The molecule has 0 fully saturated rings. The van der Waals surface area contributed by atoms with Crippen LogP contribution in [0.15, 0.2) is 24.3 Å². The van der Waals surface area contributed by atoms with Crippen molar-refractivity contribution in [2.24, 2.45) is 0 Å². The summed E-state index contributed by atoms with van der Waals surface area (Å²) in [7, 11) is 0. The molecule has 0 bridgehead atoms. The van der Waals surface area contributed by atoms with E-state index in [-0.39, 0.29) is 0 Å². The highest BCUT2D eigenvalue weighted by molar-refractivity contribution is 5.12. The lowest BCUT2D eigenvalue weighted by atomic mass is 9.97. The quantitative estimate of drug-likeness (QED) is 0.625. The zero-order chi connectivity index (χ0) is 9.61. The highest BCUT2D eigenvalue weighted by atomic mass is 16.3. The lowest BCUT2D eigenvalue weighted by Gasteiger charge is -2.19. The third kappa shape index (κ3) is 5.14. The van der Waals surface area contributed by atoms with Crippen LogP contribution in [0.25, 0.3) is 0 Å². The molecule has 0 heterocycles. The minimum absolute atomic E-state index is 0.502. The van der Waals surface area contributed by atoms with Crippen LogP contribution in [0.5, 0.6) is 0 Å². The Labute approximate surface area is 75.8 Å². The summed E-state index contributed by atoms with van der Waals surface area (Å²) in [6, 6.07) is 0. The molecular weight excluding hydrogens is 148 g/mol. The van der Waals surface area contributed by atoms with Crippen molar-refractivity contribution in [1.82, 2.24) is 0 Å². The van der Waals surface area contributed by atoms with E-state index >= 15 is 0 Å². The van der Waals surface area contributed by atoms with Gasteiger partial charge in [-0.05, 0) is 33.1 Å². The number of rotatable bonds is 5. The van der Waals surface area contributed by atoms with Crippen molar-refractivity contribution in [2.45, 2.75) is 45.6 Å². The van der Waals surface area contributed by atoms with E-state index in [0.717, 1.165) is 19.3 Å². The second-order valence-corrected chi connectivity index (χ2v) is 3.54. The zero-order valence-corrected chi connectivity index (χ0v) is 8.43. The van der Waals surface area contributed by atoms with Gasteiger partial charge in [0.15, 0.2) is 0 Å². The Morgan fingerprint density at radius 3 is 2.58 bits per heavy atom. The molecule has 0 spiro atoms. The summed E-state index contributed by atoms with van der Waals surface area (Å²) in [5.41, 5.74) is 0.680. The molecule has 1 heteroatoms. The van der Waals surface area contributed by atoms with Crippen molar-refractivity contribution in [2.75, 3.05) is 0 Å². The molecule has 0 aliphatic carbocycles. The van der Waals surface area contributed by atoms with Crippen molar-refractivity contribution >= 4 is 0 Å². The largest absolute Gasteiger partial charge is 0.390 e. The average Bonchev–Trinajstić information content (AvgIpc) is 2.04. The Kier molecular flexibility index (Phi) is 4.91. The minimum atomic E-state index is -0.502. The molecular formula is C11H20O. The van der Waals surface area contributed by atoms with E-state index < -0.39 is 5.60 Å². The van der Waals surface area contributed by atoms with E-state index in [9.17, 15) is 5.11 Å². The molecule has 1 nitrogen and oxygen atoms in total. The first-order chi connectivity index (χ1) is 5.52. The third-order valence-electron chi connectivity index (χ3n) is 2.23. The number of hydrogen-bond acceptors (Lipinski definition) is 1. The average molecular weight is 168 g/mol. The summed E-state index contributed by atoms with van der Waals surface area (Å²) < 4.78 is 0. The molecule has 0 aliphatic rings. The Morgan fingerprint density at radius 1 is 1.58 bits per heavy atom. The molecule has 0 aliphatic heterocycles. The summed E-state index contributed by atoms with van der Waals surface area (Å²) in [5, 5.41) is 9.65. The predicted molar refractivity (Wildman–Crippen MR) is 54.1 cm³/mol. The van der Waals surface area contributed by atoms with Gasteiger partial charge in [0.2, 0.25) is 0 Å². The monoisotopic (exact) mass is 168 g/mol. The second kappa shape index (κ2) is 5.15. The summed E-state index contributed by atoms with van der Waals surface area (Å²) in [6.45, 7) is 9.57. The maximum absolute atomic E-state index is 9.65. The van der Waals surface area contributed by atoms with Crippen LogP contribution in [0, 0.1) is 0 Å². The van der Waals surface area contributed by atoms with Gasteiger partial charge in [-0.25, -0.2) is 0 Å².